The van der Waals surface area contributed by atoms with Crippen molar-refractivity contribution in [3.05, 3.63) is 85.1 Å². The molecule has 4 aromatic rings. The van der Waals surface area contributed by atoms with E-state index in [1.165, 1.54) is 32.4 Å². The van der Waals surface area contributed by atoms with Crippen LogP contribution in [0.1, 0.15) is 18.4 Å². The van der Waals surface area contributed by atoms with Crippen molar-refractivity contribution < 1.29 is 37.0 Å². The molecular formula is C34H38F3N5O5S2. The van der Waals surface area contributed by atoms with Crippen molar-refractivity contribution in [1.82, 2.24) is 10.3 Å². The van der Waals surface area contributed by atoms with Gasteiger partial charge in [0.25, 0.3) is 0 Å². The zero-order chi connectivity index (χ0) is 36.0. The van der Waals surface area contributed by atoms with E-state index in [0.717, 1.165) is 18.9 Å². The number of aldehydes is 1. The van der Waals surface area contributed by atoms with Crippen molar-refractivity contribution >= 4 is 63.6 Å². The molecule has 0 bridgehead atoms. The van der Waals surface area contributed by atoms with E-state index in [9.17, 15) is 18.0 Å². The van der Waals surface area contributed by atoms with Gasteiger partial charge in [-0.05, 0) is 68.4 Å². The number of halogens is 3. The molecule has 49 heavy (non-hydrogen) atoms. The number of benzene rings is 3. The second kappa shape index (κ2) is 18.8. The maximum atomic E-state index is 14.0. The number of fused-ring (bicyclic) bond motifs is 1. The Hall–Kier alpha value is -4.60. The van der Waals surface area contributed by atoms with Gasteiger partial charge in [-0.3, -0.25) is 9.78 Å². The number of methoxy groups -OCH3 is 2. The molecule has 0 radical (unpaired) electrons. The summed E-state index contributed by atoms with van der Waals surface area (Å²) >= 11 is 6.44. The Morgan fingerprint density at radius 3 is 2.18 bits per heavy atom. The molecule has 0 unspecified atom stereocenters. The number of thiol groups is 2. The number of pyridine rings is 1. The second-order valence-electron chi connectivity index (χ2n) is 10.4. The standard InChI is InChI=1S/C31H32F3N5O4.C3H4O.H2S2/c1-35-19-10-13-39(14-11-19)26-8-7-21(16-24(26)31(32,33)34)38-30(40)37-20-5-4-6-22(15-20)43-27-9-12-36-25-18-29(42-3)28(41-2)17-23(25)27;1-2-3-4;1-2/h4-9,12,15-19,35H,10-11,13-14H2,1-3H3,(H2,37,38,40);2-3H,1H2;1-2H. The minimum atomic E-state index is -4.58. The highest BCUT2D eigenvalue weighted by Gasteiger charge is 2.36. The molecule has 1 aromatic heterocycles. The van der Waals surface area contributed by atoms with Crippen LogP contribution in [0.4, 0.5) is 35.0 Å². The summed E-state index contributed by atoms with van der Waals surface area (Å²) in [7, 11) is 4.93. The lowest BCUT2D eigenvalue weighted by Gasteiger charge is -2.35. The third-order valence-corrected chi connectivity index (χ3v) is 7.43. The van der Waals surface area contributed by atoms with Crippen LogP contribution in [0.5, 0.6) is 23.0 Å². The van der Waals surface area contributed by atoms with Crippen molar-refractivity contribution in [1.29, 1.82) is 0 Å². The number of anilines is 3. The van der Waals surface area contributed by atoms with Crippen molar-refractivity contribution in [2.75, 3.05) is 49.9 Å². The minimum Gasteiger partial charge on any atom is -0.493 e. The molecule has 0 spiro atoms. The fraction of sp³-hybridized carbons (Fsp3) is 0.265. The van der Waals surface area contributed by atoms with E-state index in [0.29, 0.717) is 59.0 Å². The van der Waals surface area contributed by atoms with Gasteiger partial charge in [0.15, 0.2) is 11.5 Å². The third kappa shape index (κ3) is 10.7. The molecule has 15 heteroatoms. The van der Waals surface area contributed by atoms with Gasteiger partial charge in [-0.1, -0.05) is 12.6 Å². The first-order chi connectivity index (χ1) is 23.6. The number of carbonyl (C=O) groups is 2. The van der Waals surface area contributed by atoms with Crippen LogP contribution in [-0.2, 0) is 11.0 Å². The Bertz CT molecular complexity index is 1710. The maximum absolute atomic E-state index is 14.0. The monoisotopic (exact) mass is 717 g/mol. The predicted molar refractivity (Wildman–Crippen MR) is 194 cm³/mol. The van der Waals surface area contributed by atoms with Crippen molar-refractivity contribution in [2.24, 2.45) is 0 Å². The first kappa shape index (κ1) is 38.8. The number of hydrogen-bond donors (Lipinski definition) is 5. The van der Waals surface area contributed by atoms with Gasteiger partial charge in [0.1, 0.15) is 17.8 Å². The Kier molecular flexibility index (Phi) is 14.9. The molecule has 3 N–H and O–H groups in total. The Morgan fingerprint density at radius 1 is 0.959 bits per heavy atom. The first-order valence-electron chi connectivity index (χ1n) is 14.9. The van der Waals surface area contributed by atoms with Crippen molar-refractivity contribution in [3.63, 3.8) is 0 Å². The van der Waals surface area contributed by atoms with Gasteiger partial charge < -0.3 is 35.1 Å². The van der Waals surface area contributed by atoms with E-state index >= 15 is 0 Å². The summed E-state index contributed by atoms with van der Waals surface area (Å²) in [6.07, 6.45) is 0.351. The highest BCUT2D eigenvalue weighted by molar-refractivity contribution is 8.59. The lowest BCUT2D eigenvalue weighted by molar-refractivity contribution is -0.137. The molecule has 1 saturated heterocycles. The van der Waals surface area contributed by atoms with Gasteiger partial charge in [0.05, 0.1) is 25.3 Å². The number of amides is 2. The SMILES string of the molecule is C=CC=O.CNC1CCN(c2ccc(NC(=O)Nc3cccc(Oc4ccnc5cc(OC)c(OC)cc45)c3)cc2C(F)(F)F)CC1.SS. The molecule has 1 aliphatic heterocycles. The number of piperidine rings is 1. The average molecular weight is 718 g/mol. The van der Waals surface area contributed by atoms with E-state index in [2.05, 4.69) is 50.8 Å². The molecule has 1 aliphatic rings. The van der Waals surface area contributed by atoms with Gasteiger partial charge >= 0.3 is 12.2 Å². The highest BCUT2D eigenvalue weighted by Crippen LogP contribution is 2.40. The van der Waals surface area contributed by atoms with E-state index in [4.69, 9.17) is 19.0 Å². The molecule has 1 fully saturated rings. The van der Waals surface area contributed by atoms with Gasteiger partial charge in [0, 0.05) is 59.9 Å². The summed E-state index contributed by atoms with van der Waals surface area (Å²) in [6.45, 7) is 4.13. The topological polar surface area (TPSA) is 114 Å². The molecule has 0 atom stereocenters. The number of rotatable bonds is 9. The number of aromatic nitrogens is 1. The largest absolute Gasteiger partial charge is 0.493 e. The molecule has 262 valence electrons. The van der Waals surface area contributed by atoms with Crippen LogP contribution >= 0.6 is 23.3 Å². The molecule has 3 aromatic carbocycles. The van der Waals surface area contributed by atoms with Crippen molar-refractivity contribution in [2.45, 2.75) is 25.1 Å². The molecule has 5 rings (SSSR count). The smallest absolute Gasteiger partial charge is 0.418 e. The molecule has 2 heterocycles. The Labute approximate surface area is 293 Å². The summed E-state index contributed by atoms with van der Waals surface area (Å²) in [5, 5.41) is 9.04. The zero-order valence-corrected chi connectivity index (χ0v) is 28.9. The van der Waals surface area contributed by atoms with E-state index in [-0.39, 0.29) is 17.4 Å². The Balaban J connectivity index is 0.00000101. The van der Waals surface area contributed by atoms with Gasteiger partial charge in [-0.2, -0.15) is 13.2 Å². The summed E-state index contributed by atoms with van der Waals surface area (Å²) in [5.74, 6) is 1.97. The van der Waals surface area contributed by atoms with Crippen LogP contribution in [0.3, 0.4) is 0 Å². The first-order valence-corrected chi connectivity index (χ1v) is 16.5. The lowest BCUT2D eigenvalue weighted by Crippen LogP contribution is -2.41. The third-order valence-electron chi connectivity index (χ3n) is 7.43. The maximum Gasteiger partial charge on any atom is 0.418 e. The zero-order valence-electron chi connectivity index (χ0n) is 27.1. The fourth-order valence-electron chi connectivity index (χ4n) is 5.12. The predicted octanol–water partition coefficient (Wildman–Crippen LogP) is 8.03. The average Bonchev–Trinajstić information content (AvgIpc) is 3.12. The molecule has 10 nitrogen and oxygen atoms in total. The molecule has 0 aliphatic carbocycles. The molecule has 0 saturated carbocycles. The number of nitrogens with one attached hydrogen (secondary N) is 3. The van der Waals surface area contributed by atoms with Gasteiger partial charge in [-0.25, -0.2) is 4.79 Å². The number of ether oxygens (including phenoxy) is 3. The van der Waals surface area contributed by atoms with E-state index in [1.807, 2.05) is 7.05 Å². The summed E-state index contributed by atoms with van der Waals surface area (Å²) < 4.78 is 58.9. The number of nitrogens with zero attached hydrogens (tertiary/aromatic N) is 2. The number of carbonyl (C=O) groups excluding carboxylic acids is 2. The number of urea groups is 1. The number of alkyl halides is 3. The second-order valence-corrected chi connectivity index (χ2v) is 10.4. The highest BCUT2D eigenvalue weighted by atomic mass is 33.1. The lowest BCUT2D eigenvalue weighted by atomic mass is 10.0. The van der Waals surface area contributed by atoms with Crippen molar-refractivity contribution in [3.8, 4) is 23.0 Å². The van der Waals surface area contributed by atoms with E-state index < -0.39 is 17.8 Å². The number of allylic oxidation sites excluding steroid dienone is 1. The molecular weight excluding hydrogens is 680 g/mol. The fourth-order valence-corrected chi connectivity index (χ4v) is 5.12. The van der Waals surface area contributed by atoms with E-state index in [1.54, 1.807) is 53.6 Å². The van der Waals surface area contributed by atoms with Gasteiger partial charge in [-0.15, -0.1) is 23.3 Å². The van der Waals surface area contributed by atoms with Crippen LogP contribution in [0.15, 0.2) is 79.5 Å². The van der Waals surface area contributed by atoms with Crippen LogP contribution in [-0.4, -0.2) is 57.7 Å². The van der Waals surface area contributed by atoms with Crippen LogP contribution < -0.4 is 35.1 Å². The van der Waals surface area contributed by atoms with Gasteiger partial charge in [0.2, 0.25) is 0 Å². The van der Waals surface area contributed by atoms with Crippen LogP contribution in [0, 0.1) is 0 Å². The Morgan fingerprint density at radius 2 is 1.59 bits per heavy atom. The van der Waals surface area contributed by atoms with Crippen LogP contribution in [0.2, 0.25) is 0 Å². The van der Waals surface area contributed by atoms with Crippen LogP contribution in [0.25, 0.3) is 10.9 Å². The minimum absolute atomic E-state index is 0.0266. The normalized spacial score (nSPS) is 12.8. The summed E-state index contributed by atoms with van der Waals surface area (Å²) in [6, 6.07) is 15.3. The quantitative estimate of drug-likeness (QED) is 0.0512. The summed E-state index contributed by atoms with van der Waals surface area (Å²) in [4.78, 5) is 27.9. The summed E-state index contributed by atoms with van der Waals surface area (Å²) in [5.41, 5.74) is 0.363. The molecule has 2 amide bonds. The number of hydrogen-bond acceptors (Lipinski definition) is 10.